The Morgan fingerprint density at radius 3 is 2.42 bits per heavy atom. The summed E-state index contributed by atoms with van der Waals surface area (Å²) in [7, 11) is 0. The van der Waals surface area contributed by atoms with Gasteiger partial charge >= 0.3 is 0 Å². The van der Waals surface area contributed by atoms with Gasteiger partial charge in [-0.05, 0) is 43.9 Å². The van der Waals surface area contributed by atoms with Crippen LogP contribution in [0, 0.1) is 17.8 Å². The first-order valence-corrected chi connectivity index (χ1v) is 11.4. The van der Waals surface area contributed by atoms with Crippen LogP contribution in [0.5, 0.6) is 0 Å². The van der Waals surface area contributed by atoms with E-state index in [-0.39, 0.29) is 6.10 Å². The van der Waals surface area contributed by atoms with Crippen molar-refractivity contribution in [2.45, 2.75) is 108 Å². The van der Waals surface area contributed by atoms with Gasteiger partial charge in [0.1, 0.15) is 0 Å². The summed E-state index contributed by atoms with van der Waals surface area (Å²) < 4.78 is 6.21. The van der Waals surface area contributed by atoms with Crippen LogP contribution in [-0.4, -0.2) is 35.1 Å². The fraction of sp³-hybridized carbons (Fsp3) is 0.913. The van der Waals surface area contributed by atoms with Gasteiger partial charge in [0.15, 0.2) is 0 Å². The van der Waals surface area contributed by atoms with Gasteiger partial charge in [-0.2, -0.15) is 0 Å². The molecule has 0 aromatic carbocycles. The number of hydrogen-bond acceptors (Lipinski definition) is 3. The fourth-order valence-electron chi connectivity index (χ4n) is 5.58. The maximum Gasteiger partial charge on any atom is 0.0723 e. The summed E-state index contributed by atoms with van der Waals surface area (Å²) in [6, 6.07) is 0. The molecule has 2 saturated heterocycles. The summed E-state index contributed by atoms with van der Waals surface area (Å²) in [5, 5.41) is 19.3. The SMILES string of the molecule is OCCCCCCCC1C2CCC(O2)C1/C=C/C(O)CC1CCCCC1. The van der Waals surface area contributed by atoms with Gasteiger partial charge in [-0.3, -0.25) is 0 Å². The van der Waals surface area contributed by atoms with E-state index in [0.29, 0.717) is 30.7 Å². The summed E-state index contributed by atoms with van der Waals surface area (Å²) in [6.07, 6.45) is 22.2. The Bertz CT molecular complexity index is 416. The fourth-order valence-corrected chi connectivity index (χ4v) is 5.58. The molecule has 3 rings (SSSR count). The maximum atomic E-state index is 10.5. The van der Waals surface area contributed by atoms with Crippen LogP contribution in [0.2, 0.25) is 0 Å². The van der Waals surface area contributed by atoms with Gasteiger partial charge in [0.05, 0.1) is 18.3 Å². The molecule has 3 heteroatoms. The number of hydrogen-bond donors (Lipinski definition) is 2. The van der Waals surface area contributed by atoms with Crippen molar-refractivity contribution in [3.8, 4) is 0 Å². The lowest BCUT2D eigenvalue weighted by Crippen LogP contribution is -2.26. The molecule has 3 fully saturated rings. The Hall–Kier alpha value is -0.380. The Kier molecular flexibility index (Phi) is 8.48. The van der Waals surface area contributed by atoms with E-state index in [2.05, 4.69) is 12.2 Å². The molecular weight excluding hydrogens is 324 g/mol. The molecule has 26 heavy (non-hydrogen) atoms. The van der Waals surface area contributed by atoms with Gasteiger partial charge in [-0.15, -0.1) is 0 Å². The Morgan fingerprint density at radius 1 is 0.885 bits per heavy atom. The van der Waals surface area contributed by atoms with E-state index < -0.39 is 0 Å². The first kappa shape index (κ1) is 20.4. The Labute approximate surface area is 160 Å². The largest absolute Gasteiger partial charge is 0.396 e. The van der Waals surface area contributed by atoms with Gasteiger partial charge in [0.25, 0.3) is 0 Å². The molecule has 0 radical (unpaired) electrons. The first-order chi connectivity index (χ1) is 12.8. The zero-order valence-corrected chi connectivity index (χ0v) is 16.5. The molecule has 2 bridgehead atoms. The lowest BCUT2D eigenvalue weighted by atomic mass is 9.76. The number of aliphatic hydroxyl groups is 2. The van der Waals surface area contributed by atoms with Crippen LogP contribution in [0.15, 0.2) is 12.2 Å². The minimum Gasteiger partial charge on any atom is -0.396 e. The zero-order chi connectivity index (χ0) is 18.2. The van der Waals surface area contributed by atoms with Crippen molar-refractivity contribution in [2.24, 2.45) is 17.8 Å². The lowest BCUT2D eigenvalue weighted by Gasteiger charge is -2.26. The van der Waals surface area contributed by atoms with Gasteiger partial charge in [0, 0.05) is 12.5 Å². The van der Waals surface area contributed by atoms with Crippen molar-refractivity contribution >= 4 is 0 Å². The highest BCUT2D eigenvalue weighted by molar-refractivity contribution is 5.07. The van der Waals surface area contributed by atoms with Crippen LogP contribution < -0.4 is 0 Å². The van der Waals surface area contributed by atoms with Gasteiger partial charge in [-0.25, -0.2) is 0 Å². The van der Waals surface area contributed by atoms with Crippen LogP contribution in [-0.2, 0) is 4.74 Å². The molecular formula is C23H40O3. The highest BCUT2D eigenvalue weighted by Gasteiger charge is 2.47. The van der Waals surface area contributed by atoms with Crippen molar-refractivity contribution in [2.75, 3.05) is 6.61 Å². The Morgan fingerprint density at radius 2 is 1.62 bits per heavy atom. The van der Waals surface area contributed by atoms with Crippen LogP contribution in [0.1, 0.15) is 89.9 Å². The van der Waals surface area contributed by atoms with E-state index in [1.165, 1.54) is 70.6 Å². The summed E-state index contributed by atoms with van der Waals surface area (Å²) in [4.78, 5) is 0. The van der Waals surface area contributed by atoms with Gasteiger partial charge in [-0.1, -0.05) is 69.9 Å². The highest BCUT2D eigenvalue weighted by atomic mass is 16.5. The highest BCUT2D eigenvalue weighted by Crippen LogP contribution is 2.46. The van der Waals surface area contributed by atoms with Crippen LogP contribution in [0.25, 0.3) is 0 Å². The van der Waals surface area contributed by atoms with E-state index in [9.17, 15) is 5.11 Å². The smallest absolute Gasteiger partial charge is 0.0723 e. The van der Waals surface area contributed by atoms with E-state index in [4.69, 9.17) is 9.84 Å². The van der Waals surface area contributed by atoms with Crippen molar-refractivity contribution < 1.29 is 14.9 Å². The second-order valence-electron chi connectivity index (χ2n) is 9.00. The quantitative estimate of drug-likeness (QED) is 0.401. The molecule has 0 aromatic heterocycles. The predicted molar refractivity (Wildman–Crippen MR) is 106 cm³/mol. The van der Waals surface area contributed by atoms with E-state index in [0.717, 1.165) is 25.2 Å². The van der Waals surface area contributed by atoms with E-state index in [1.807, 2.05) is 0 Å². The molecule has 2 N–H and O–H groups in total. The summed E-state index contributed by atoms with van der Waals surface area (Å²) in [5.41, 5.74) is 0. The zero-order valence-electron chi connectivity index (χ0n) is 16.5. The monoisotopic (exact) mass is 364 g/mol. The normalized spacial score (nSPS) is 33.3. The summed E-state index contributed by atoms with van der Waals surface area (Å²) >= 11 is 0. The molecule has 3 aliphatic rings. The molecule has 5 atom stereocenters. The molecule has 150 valence electrons. The molecule has 0 aromatic rings. The van der Waals surface area contributed by atoms with Crippen LogP contribution in [0.4, 0.5) is 0 Å². The average molecular weight is 365 g/mol. The molecule has 5 unspecified atom stereocenters. The second kappa shape index (κ2) is 10.8. The third kappa shape index (κ3) is 5.81. The third-order valence-electron chi connectivity index (χ3n) is 7.04. The maximum absolute atomic E-state index is 10.5. The summed E-state index contributed by atoms with van der Waals surface area (Å²) in [5.74, 6) is 1.91. The molecule has 0 spiro atoms. The van der Waals surface area contributed by atoms with Gasteiger partial charge < -0.3 is 14.9 Å². The summed E-state index contributed by atoms with van der Waals surface area (Å²) in [6.45, 7) is 0.330. The minimum absolute atomic E-state index is 0.267. The lowest BCUT2D eigenvalue weighted by molar-refractivity contribution is 0.0883. The average Bonchev–Trinajstić information content (AvgIpc) is 3.25. The van der Waals surface area contributed by atoms with Crippen molar-refractivity contribution in [3.05, 3.63) is 12.2 Å². The standard InChI is InChI=1S/C23H40O3/c24-16-8-3-1-2-7-11-20-21(23-15-14-22(20)26-23)13-12-19(25)17-18-9-5-4-6-10-18/h12-13,18-25H,1-11,14-17H2/b13-12+. The minimum atomic E-state index is -0.267. The Balaban J connectivity index is 1.42. The predicted octanol–water partition coefficient (Wildman–Crippen LogP) is 5.00. The molecule has 3 nitrogen and oxygen atoms in total. The number of aliphatic hydroxyl groups excluding tert-OH is 2. The molecule has 2 heterocycles. The molecule has 0 amide bonds. The van der Waals surface area contributed by atoms with Gasteiger partial charge in [0.2, 0.25) is 0 Å². The van der Waals surface area contributed by atoms with E-state index in [1.54, 1.807) is 0 Å². The number of rotatable bonds is 11. The number of unbranched alkanes of at least 4 members (excludes halogenated alkanes) is 4. The van der Waals surface area contributed by atoms with Crippen LogP contribution >= 0.6 is 0 Å². The van der Waals surface area contributed by atoms with Crippen LogP contribution in [0.3, 0.4) is 0 Å². The second-order valence-corrected chi connectivity index (χ2v) is 9.00. The van der Waals surface area contributed by atoms with E-state index >= 15 is 0 Å². The first-order valence-electron chi connectivity index (χ1n) is 11.4. The molecule has 1 saturated carbocycles. The topological polar surface area (TPSA) is 49.7 Å². The number of fused-ring (bicyclic) bond motifs is 2. The van der Waals surface area contributed by atoms with Crippen molar-refractivity contribution in [3.63, 3.8) is 0 Å². The molecule has 2 aliphatic heterocycles. The molecule has 1 aliphatic carbocycles. The third-order valence-corrected chi connectivity index (χ3v) is 7.04. The van der Waals surface area contributed by atoms with Crippen molar-refractivity contribution in [1.29, 1.82) is 0 Å². The van der Waals surface area contributed by atoms with Crippen molar-refractivity contribution in [1.82, 2.24) is 0 Å². The number of ether oxygens (including phenoxy) is 1.